The van der Waals surface area contributed by atoms with Crippen LogP contribution in [0.1, 0.15) is 35.3 Å². The van der Waals surface area contributed by atoms with Gasteiger partial charge in [-0.3, -0.25) is 19.9 Å². The van der Waals surface area contributed by atoms with Crippen LogP contribution in [0.3, 0.4) is 0 Å². The lowest BCUT2D eigenvalue weighted by molar-refractivity contribution is -0.116. The number of carbonyl (C=O) groups excluding carboxylic acids is 2. The standard InChI is InChI=1S/C28H32N8O3/c1-4-24(37)30-12-11-29-21-9-8-10-22-25(21)36-13-6-5-7-14-39-27-20(17-31-35(27)3)23-16-19(15-18(2)32-23)26(38)34-28(36)33-22/h4,8-10,15-17,29H,1,5-7,11-14H2,2-3H3,(H,30,37)(H,33,34,38). The molecule has 0 saturated heterocycles. The van der Waals surface area contributed by atoms with E-state index in [0.29, 0.717) is 55.0 Å². The Morgan fingerprint density at radius 3 is 2.92 bits per heavy atom. The van der Waals surface area contributed by atoms with Crippen molar-refractivity contribution in [2.45, 2.75) is 32.7 Å². The zero-order valence-corrected chi connectivity index (χ0v) is 22.2. The van der Waals surface area contributed by atoms with Crippen molar-refractivity contribution in [2.24, 2.45) is 7.05 Å². The van der Waals surface area contributed by atoms with E-state index < -0.39 is 0 Å². The summed E-state index contributed by atoms with van der Waals surface area (Å²) in [6.07, 6.45) is 5.62. The summed E-state index contributed by atoms with van der Waals surface area (Å²) >= 11 is 0. The maximum absolute atomic E-state index is 13.5. The molecule has 5 rings (SSSR count). The minimum absolute atomic E-state index is 0.216. The average molecular weight is 529 g/mol. The zero-order chi connectivity index (χ0) is 27.4. The number of imidazole rings is 1. The largest absolute Gasteiger partial charge is 0.477 e. The summed E-state index contributed by atoms with van der Waals surface area (Å²) in [6.45, 7) is 7.51. The Balaban J connectivity index is 1.50. The van der Waals surface area contributed by atoms with E-state index in [4.69, 9.17) is 9.72 Å². The molecule has 3 aromatic heterocycles. The number of carbonyl (C=O) groups is 2. The van der Waals surface area contributed by atoms with E-state index in [1.165, 1.54) is 6.08 Å². The predicted molar refractivity (Wildman–Crippen MR) is 150 cm³/mol. The van der Waals surface area contributed by atoms with Gasteiger partial charge in [0.25, 0.3) is 5.91 Å². The van der Waals surface area contributed by atoms with Crippen LogP contribution in [-0.4, -0.2) is 55.8 Å². The lowest BCUT2D eigenvalue weighted by atomic mass is 10.1. The number of aromatic nitrogens is 5. The highest BCUT2D eigenvalue weighted by Crippen LogP contribution is 2.31. The minimum Gasteiger partial charge on any atom is -0.477 e. The van der Waals surface area contributed by atoms with Crippen LogP contribution >= 0.6 is 0 Å². The Labute approximate surface area is 226 Å². The van der Waals surface area contributed by atoms with E-state index in [-0.39, 0.29) is 11.8 Å². The van der Waals surface area contributed by atoms with Crippen LogP contribution < -0.4 is 20.7 Å². The number of anilines is 2. The number of rotatable bonds is 5. The second kappa shape index (κ2) is 11.4. The quantitative estimate of drug-likeness (QED) is 0.266. The molecule has 4 aromatic rings. The van der Waals surface area contributed by atoms with Gasteiger partial charge in [-0.05, 0) is 56.5 Å². The molecule has 0 fully saturated rings. The summed E-state index contributed by atoms with van der Waals surface area (Å²) in [7, 11) is 1.83. The SMILES string of the molecule is C=CC(=O)NCCNc1cccc2nc3n(c12)CCCCCOc1c(cnn1C)-c1cc(cc(C)n1)C(=O)N3. The van der Waals surface area contributed by atoms with Gasteiger partial charge in [0.1, 0.15) is 0 Å². The fourth-order valence-corrected chi connectivity index (χ4v) is 4.70. The van der Waals surface area contributed by atoms with Crippen molar-refractivity contribution >= 4 is 34.5 Å². The van der Waals surface area contributed by atoms with E-state index in [1.807, 2.05) is 36.7 Å². The molecule has 11 nitrogen and oxygen atoms in total. The molecule has 0 atom stereocenters. The van der Waals surface area contributed by atoms with Crippen LogP contribution in [0.5, 0.6) is 5.88 Å². The summed E-state index contributed by atoms with van der Waals surface area (Å²) in [6, 6.07) is 9.33. The Bertz CT molecular complexity index is 1540. The van der Waals surface area contributed by atoms with Crippen LogP contribution in [0.25, 0.3) is 22.3 Å². The maximum atomic E-state index is 13.5. The first-order valence-electron chi connectivity index (χ1n) is 13.0. The van der Waals surface area contributed by atoms with Crippen molar-refractivity contribution in [3.8, 4) is 17.1 Å². The lowest BCUT2D eigenvalue weighted by Gasteiger charge is -2.14. The van der Waals surface area contributed by atoms with Crippen molar-refractivity contribution in [1.82, 2.24) is 29.6 Å². The molecular weight excluding hydrogens is 496 g/mol. The van der Waals surface area contributed by atoms with E-state index in [0.717, 1.165) is 41.5 Å². The molecule has 3 N–H and O–H groups in total. The van der Waals surface area contributed by atoms with Gasteiger partial charge in [0.15, 0.2) is 0 Å². The summed E-state index contributed by atoms with van der Waals surface area (Å²) in [5.41, 5.74) is 5.09. The average Bonchev–Trinajstić information content (AvgIpc) is 3.47. The molecule has 2 bridgehead atoms. The van der Waals surface area contributed by atoms with Crippen LogP contribution in [0.15, 0.2) is 49.2 Å². The topological polar surface area (TPSA) is 128 Å². The molecule has 1 aliphatic rings. The van der Waals surface area contributed by atoms with E-state index in [9.17, 15) is 9.59 Å². The first-order chi connectivity index (χ1) is 18.9. The number of fused-ring (bicyclic) bond motifs is 7. The van der Waals surface area contributed by atoms with Gasteiger partial charge in [0, 0.05) is 37.9 Å². The Morgan fingerprint density at radius 2 is 2.08 bits per heavy atom. The molecule has 2 amide bonds. The molecule has 39 heavy (non-hydrogen) atoms. The van der Waals surface area contributed by atoms with Gasteiger partial charge in [0.2, 0.25) is 17.7 Å². The second-order valence-corrected chi connectivity index (χ2v) is 9.41. The van der Waals surface area contributed by atoms with E-state index >= 15 is 0 Å². The summed E-state index contributed by atoms with van der Waals surface area (Å²) < 4.78 is 9.86. The smallest absolute Gasteiger partial charge is 0.258 e. The monoisotopic (exact) mass is 528 g/mol. The summed E-state index contributed by atoms with van der Waals surface area (Å²) in [5.74, 6) is 0.620. The van der Waals surface area contributed by atoms with Crippen molar-refractivity contribution in [1.29, 1.82) is 0 Å². The summed E-state index contributed by atoms with van der Waals surface area (Å²) in [5, 5.41) is 13.6. The van der Waals surface area contributed by atoms with E-state index in [2.05, 4.69) is 32.6 Å². The number of benzene rings is 1. The Morgan fingerprint density at radius 1 is 1.21 bits per heavy atom. The third-order valence-corrected chi connectivity index (χ3v) is 6.56. The van der Waals surface area contributed by atoms with Crippen LogP contribution in [0.4, 0.5) is 11.6 Å². The first-order valence-corrected chi connectivity index (χ1v) is 13.0. The Kier molecular flexibility index (Phi) is 7.57. The third-order valence-electron chi connectivity index (χ3n) is 6.56. The Hall–Kier alpha value is -4.67. The molecule has 202 valence electrons. The second-order valence-electron chi connectivity index (χ2n) is 9.41. The van der Waals surface area contributed by atoms with E-state index in [1.54, 1.807) is 23.0 Å². The number of hydrogen-bond acceptors (Lipinski definition) is 7. The molecule has 0 radical (unpaired) electrons. The fourth-order valence-electron chi connectivity index (χ4n) is 4.70. The van der Waals surface area contributed by atoms with Crippen molar-refractivity contribution in [3.63, 3.8) is 0 Å². The van der Waals surface area contributed by atoms with Gasteiger partial charge in [-0.1, -0.05) is 12.6 Å². The molecule has 0 unspecified atom stereocenters. The fraction of sp³-hybridized carbons (Fsp3) is 0.321. The number of amides is 2. The number of ether oxygens (including phenoxy) is 1. The normalized spacial score (nSPS) is 13.7. The number of aryl methyl sites for hydroxylation is 3. The highest BCUT2D eigenvalue weighted by Gasteiger charge is 2.20. The molecule has 0 spiro atoms. The number of para-hydroxylation sites is 1. The number of hydrogen-bond donors (Lipinski definition) is 3. The van der Waals surface area contributed by atoms with Crippen LogP contribution in [0.2, 0.25) is 0 Å². The first kappa shape index (κ1) is 26.0. The van der Waals surface area contributed by atoms with Crippen LogP contribution in [-0.2, 0) is 18.4 Å². The van der Waals surface area contributed by atoms with Gasteiger partial charge in [-0.25, -0.2) is 9.67 Å². The van der Waals surface area contributed by atoms with Crippen LogP contribution in [0, 0.1) is 6.92 Å². The van der Waals surface area contributed by atoms with Crippen molar-refractivity contribution in [2.75, 3.05) is 30.3 Å². The lowest BCUT2D eigenvalue weighted by Crippen LogP contribution is -2.27. The number of nitrogens with zero attached hydrogens (tertiary/aromatic N) is 5. The van der Waals surface area contributed by atoms with Gasteiger partial charge in [0.05, 0.1) is 40.8 Å². The predicted octanol–water partition coefficient (Wildman–Crippen LogP) is 3.67. The molecule has 0 aliphatic carbocycles. The molecular formula is C28H32N8O3. The highest BCUT2D eigenvalue weighted by molar-refractivity contribution is 6.05. The molecule has 1 aliphatic heterocycles. The van der Waals surface area contributed by atoms with Crippen molar-refractivity contribution in [3.05, 3.63) is 60.4 Å². The van der Waals surface area contributed by atoms with Gasteiger partial charge < -0.3 is 19.9 Å². The number of nitrogens with one attached hydrogen (secondary N) is 3. The zero-order valence-electron chi connectivity index (χ0n) is 22.2. The molecule has 0 saturated carbocycles. The molecule has 4 heterocycles. The van der Waals surface area contributed by atoms with Gasteiger partial charge in [-0.2, -0.15) is 5.10 Å². The summed E-state index contributed by atoms with van der Waals surface area (Å²) in [4.78, 5) is 34.4. The number of pyridine rings is 1. The molecule has 1 aromatic carbocycles. The maximum Gasteiger partial charge on any atom is 0.258 e. The van der Waals surface area contributed by atoms with Crippen molar-refractivity contribution < 1.29 is 14.3 Å². The van der Waals surface area contributed by atoms with Gasteiger partial charge >= 0.3 is 0 Å². The minimum atomic E-state index is -0.277. The highest BCUT2D eigenvalue weighted by atomic mass is 16.5. The van der Waals surface area contributed by atoms with Gasteiger partial charge in [-0.15, -0.1) is 0 Å². The third kappa shape index (κ3) is 5.62. The molecule has 11 heteroatoms.